The number of hydrogen-bond donors (Lipinski definition) is 0. The van der Waals surface area contributed by atoms with Gasteiger partial charge >= 0.3 is 0 Å². The van der Waals surface area contributed by atoms with Gasteiger partial charge in [0.15, 0.2) is 5.03 Å². The standard InChI is InChI=1S/C14H22N4O3S/c1-16-9-13(15-10-16)22(20,21)18-7-6-12-11(8-18)4-3-5-14(19)17(12)2/h9-12H,3-8H2,1-2H3/t11-,12+/m0/s1. The highest BCUT2D eigenvalue weighted by atomic mass is 32.2. The summed E-state index contributed by atoms with van der Waals surface area (Å²) in [5, 5.41) is 0.103. The Bertz CT molecular complexity index is 669. The van der Waals surface area contributed by atoms with Crippen LogP contribution in [-0.4, -0.2) is 59.3 Å². The first-order valence-corrected chi connectivity index (χ1v) is 9.07. The van der Waals surface area contributed by atoms with E-state index in [1.54, 1.807) is 11.6 Å². The summed E-state index contributed by atoms with van der Waals surface area (Å²) in [5.74, 6) is 0.386. The molecule has 3 heterocycles. The van der Waals surface area contributed by atoms with Gasteiger partial charge in [0.1, 0.15) is 0 Å². The molecule has 2 atom stereocenters. The van der Waals surface area contributed by atoms with Crippen LogP contribution in [-0.2, 0) is 21.9 Å². The number of carbonyl (C=O) groups excluding carboxylic acids is 1. The van der Waals surface area contributed by atoms with Gasteiger partial charge in [0.2, 0.25) is 5.91 Å². The Morgan fingerprint density at radius 2 is 2.05 bits per heavy atom. The van der Waals surface area contributed by atoms with Crippen LogP contribution in [0.5, 0.6) is 0 Å². The Morgan fingerprint density at radius 1 is 1.27 bits per heavy atom. The van der Waals surface area contributed by atoms with Crippen molar-refractivity contribution in [2.75, 3.05) is 20.1 Å². The first kappa shape index (κ1) is 15.5. The first-order valence-electron chi connectivity index (χ1n) is 7.63. The third-order valence-corrected chi connectivity index (χ3v) is 6.55. The number of nitrogens with zero attached hydrogens (tertiary/aromatic N) is 4. The lowest BCUT2D eigenvalue weighted by atomic mass is 9.90. The van der Waals surface area contributed by atoms with Crippen LogP contribution in [0.1, 0.15) is 25.7 Å². The molecule has 0 aromatic carbocycles. The van der Waals surface area contributed by atoms with Crippen molar-refractivity contribution in [3.05, 3.63) is 12.5 Å². The summed E-state index contributed by atoms with van der Waals surface area (Å²) in [5.41, 5.74) is 0. The summed E-state index contributed by atoms with van der Waals surface area (Å²) in [6.45, 7) is 0.916. The summed E-state index contributed by atoms with van der Waals surface area (Å²) >= 11 is 0. The van der Waals surface area contributed by atoms with E-state index in [-0.39, 0.29) is 22.9 Å². The Morgan fingerprint density at radius 3 is 2.73 bits per heavy atom. The highest BCUT2D eigenvalue weighted by Crippen LogP contribution is 2.31. The number of rotatable bonds is 2. The molecular weight excluding hydrogens is 304 g/mol. The summed E-state index contributed by atoms with van der Waals surface area (Å²) in [6.07, 6.45) is 6.02. The smallest absolute Gasteiger partial charge is 0.262 e. The molecule has 2 aliphatic heterocycles. The molecule has 0 unspecified atom stereocenters. The van der Waals surface area contributed by atoms with Gasteiger partial charge in [0, 0.05) is 45.8 Å². The number of amides is 1. The molecule has 0 saturated carbocycles. The number of hydrogen-bond acceptors (Lipinski definition) is 4. The van der Waals surface area contributed by atoms with Crippen LogP contribution in [0.4, 0.5) is 0 Å². The molecule has 1 amide bonds. The molecule has 0 aliphatic carbocycles. The number of aromatic nitrogens is 2. The second kappa shape index (κ2) is 5.66. The number of aryl methyl sites for hydroxylation is 1. The molecule has 0 spiro atoms. The van der Waals surface area contributed by atoms with E-state index in [0.717, 1.165) is 12.8 Å². The minimum Gasteiger partial charge on any atom is -0.342 e. The van der Waals surface area contributed by atoms with Crippen LogP contribution in [0, 0.1) is 5.92 Å². The zero-order chi connectivity index (χ0) is 15.9. The van der Waals surface area contributed by atoms with Crippen molar-refractivity contribution < 1.29 is 13.2 Å². The van der Waals surface area contributed by atoms with Crippen LogP contribution in [0.3, 0.4) is 0 Å². The van der Waals surface area contributed by atoms with E-state index in [4.69, 9.17) is 0 Å². The van der Waals surface area contributed by atoms with Crippen LogP contribution in [0.25, 0.3) is 0 Å². The fraction of sp³-hybridized carbons (Fsp3) is 0.714. The highest BCUT2D eigenvalue weighted by Gasteiger charge is 2.40. The lowest BCUT2D eigenvalue weighted by Gasteiger charge is -2.40. The number of fused-ring (bicyclic) bond motifs is 1. The lowest BCUT2D eigenvalue weighted by molar-refractivity contribution is -0.132. The van der Waals surface area contributed by atoms with Crippen molar-refractivity contribution >= 4 is 15.9 Å². The third-order valence-electron chi connectivity index (χ3n) is 4.80. The summed E-state index contributed by atoms with van der Waals surface area (Å²) in [6, 6.07) is 0.158. The molecule has 8 heteroatoms. The minimum absolute atomic E-state index is 0.103. The van der Waals surface area contributed by atoms with Crippen LogP contribution >= 0.6 is 0 Å². The van der Waals surface area contributed by atoms with E-state index in [9.17, 15) is 13.2 Å². The maximum atomic E-state index is 12.7. The molecule has 122 valence electrons. The van der Waals surface area contributed by atoms with Gasteiger partial charge in [-0.2, -0.15) is 4.31 Å². The van der Waals surface area contributed by atoms with E-state index >= 15 is 0 Å². The van der Waals surface area contributed by atoms with Crippen LogP contribution in [0.2, 0.25) is 0 Å². The molecule has 3 rings (SSSR count). The highest BCUT2D eigenvalue weighted by molar-refractivity contribution is 7.89. The lowest BCUT2D eigenvalue weighted by Crippen LogP contribution is -2.51. The summed E-state index contributed by atoms with van der Waals surface area (Å²) < 4.78 is 28.5. The molecule has 2 saturated heterocycles. The van der Waals surface area contributed by atoms with E-state index in [2.05, 4.69) is 4.98 Å². The molecule has 1 aromatic rings. The predicted molar refractivity (Wildman–Crippen MR) is 80.5 cm³/mol. The Labute approximate surface area is 131 Å². The van der Waals surface area contributed by atoms with Crippen molar-refractivity contribution in [3.8, 4) is 0 Å². The average molecular weight is 326 g/mol. The summed E-state index contributed by atoms with van der Waals surface area (Å²) in [4.78, 5) is 17.8. The van der Waals surface area contributed by atoms with Crippen molar-refractivity contribution in [1.29, 1.82) is 0 Å². The molecule has 1 aromatic heterocycles. The normalized spacial score (nSPS) is 27.5. The van der Waals surface area contributed by atoms with Gasteiger partial charge in [-0.3, -0.25) is 4.79 Å². The molecule has 2 fully saturated rings. The first-order chi connectivity index (χ1) is 10.4. The number of piperidine rings is 1. The average Bonchev–Trinajstić information content (AvgIpc) is 2.88. The zero-order valence-electron chi connectivity index (χ0n) is 13.0. The van der Waals surface area contributed by atoms with Crippen molar-refractivity contribution in [2.24, 2.45) is 13.0 Å². The molecule has 2 aliphatic rings. The molecule has 22 heavy (non-hydrogen) atoms. The largest absolute Gasteiger partial charge is 0.342 e. The van der Waals surface area contributed by atoms with Gasteiger partial charge in [-0.15, -0.1) is 0 Å². The number of sulfonamides is 1. The van der Waals surface area contributed by atoms with Gasteiger partial charge in [-0.25, -0.2) is 13.4 Å². The fourth-order valence-corrected chi connectivity index (χ4v) is 5.01. The zero-order valence-corrected chi connectivity index (χ0v) is 13.8. The number of carbonyl (C=O) groups is 1. The minimum atomic E-state index is -3.54. The second-order valence-electron chi connectivity index (χ2n) is 6.25. The van der Waals surface area contributed by atoms with Crippen molar-refractivity contribution in [1.82, 2.24) is 18.8 Å². The van der Waals surface area contributed by atoms with Crippen LogP contribution in [0.15, 0.2) is 17.6 Å². The molecule has 0 radical (unpaired) electrons. The van der Waals surface area contributed by atoms with E-state index < -0.39 is 10.0 Å². The number of imidazole rings is 1. The van der Waals surface area contributed by atoms with Gasteiger partial charge in [-0.1, -0.05) is 0 Å². The summed E-state index contributed by atoms with van der Waals surface area (Å²) in [7, 11) is 0.0589. The molecular formula is C14H22N4O3S. The Kier molecular flexibility index (Phi) is 3.98. The van der Waals surface area contributed by atoms with Gasteiger partial charge in [-0.05, 0) is 25.2 Å². The van der Waals surface area contributed by atoms with Crippen molar-refractivity contribution in [2.45, 2.75) is 36.8 Å². The van der Waals surface area contributed by atoms with Gasteiger partial charge < -0.3 is 9.47 Å². The topological polar surface area (TPSA) is 75.5 Å². The van der Waals surface area contributed by atoms with Crippen molar-refractivity contribution in [3.63, 3.8) is 0 Å². The predicted octanol–water partition coefficient (Wildman–Crippen LogP) is 0.442. The quantitative estimate of drug-likeness (QED) is 0.790. The maximum Gasteiger partial charge on any atom is 0.262 e. The third kappa shape index (κ3) is 2.65. The van der Waals surface area contributed by atoms with E-state index in [1.807, 2.05) is 11.9 Å². The molecule has 0 N–H and O–H groups in total. The number of likely N-dealkylation sites (tertiary alicyclic amines) is 1. The van der Waals surface area contributed by atoms with E-state index in [1.165, 1.54) is 16.8 Å². The SMILES string of the molecule is CN1C(=O)CCC[C@H]2CN(S(=O)(=O)c3cn(C)cn3)CC[C@H]21. The van der Waals surface area contributed by atoms with Gasteiger partial charge in [0.25, 0.3) is 10.0 Å². The van der Waals surface area contributed by atoms with E-state index in [0.29, 0.717) is 25.9 Å². The fourth-order valence-electron chi connectivity index (χ4n) is 3.53. The maximum absolute atomic E-state index is 12.7. The molecule has 0 bridgehead atoms. The Hall–Kier alpha value is -1.41. The van der Waals surface area contributed by atoms with Gasteiger partial charge in [0.05, 0.1) is 6.33 Å². The Balaban J connectivity index is 1.80. The molecule has 7 nitrogen and oxygen atoms in total. The monoisotopic (exact) mass is 326 g/mol. The van der Waals surface area contributed by atoms with Crippen LogP contribution < -0.4 is 0 Å². The second-order valence-corrected chi connectivity index (χ2v) is 8.14.